The zero-order chi connectivity index (χ0) is 32.0. The highest BCUT2D eigenvalue weighted by Crippen LogP contribution is 2.45. The van der Waals surface area contributed by atoms with E-state index in [9.17, 15) is 24.5 Å². The van der Waals surface area contributed by atoms with Crippen LogP contribution in [-0.4, -0.2) is 52.6 Å². The van der Waals surface area contributed by atoms with Crippen LogP contribution in [0.15, 0.2) is 89.0 Å². The zero-order valence-electron chi connectivity index (χ0n) is 24.6. The SMILES string of the molecule is O=C(O)c1coc2c1c(C(NCCO)c1ccnc(OCCc3cccs3)c1)c(O)c1ccc(OCCc3ccc(F)cc3)cc12. The average molecular weight is 643 g/mol. The van der Waals surface area contributed by atoms with E-state index in [1.165, 1.54) is 17.0 Å². The smallest absolute Gasteiger partial charge is 0.339 e. The number of phenols is 1. The van der Waals surface area contributed by atoms with Crippen LogP contribution in [0.3, 0.4) is 0 Å². The Morgan fingerprint density at radius 3 is 2.61 bits per heavy atom. The first-order valence-electron chi connectivity index (χ1n) is 14.7. The predicted molar refractivity (Wildman–Crippen MR) is 173 cm³/mol. The van der Waals surface area contributed by atoms with Crippen molar-refractivity contribution in [3.63, 3.8) is 0 Å². The first-order chi connectivity index (χ1) is 22.4. The molecule has 0 aliphatic carbocycles. The van der Waals surface area contributed by atoms with Crippen LogP contribution in [-0.2, 0) is 12.8 Å². The lowest BCUT2D eigenvalue weighted by atomic mass is 9.90. The van der Waals surface area contributed by atoms with Gasteiger partial charge in [-0.2, -0.15) is 0 Å². The van der Waals surface area contributed by atoms with Crippen LogP contribution >= 0.6 is 11.3 Å². The third kappa shape index (κ3) is 6.66. The van der Waals surface area contributed by atoms with Gasteiger partial charge in [0.15, 0.2) is 0 Å². The highest BCUT2D eigenvalue weighted by atomic mass is 32.1. The van der Waals surface area contributed by atoms with E-state index in [-0.39, 0.29) is 46.8 Å². The molecule has 4 N–H and O–H groups in total. The lowest BCUT2D eigenvalue weighted by Crippen LogP contribution is -2.26. The second-order valence-corrected chi connectivity index (χ2v) is 11.6. The van der Waals surface area contributed by atoms with Crippen LogP contribution in [0.2, 0.25) is 0 Å². The molecule has 0 saturated heterocycles. The number of halogens is 1. The highest BCUT2D eigenvalue weighted by molar-refractivity contribution is 7.09. The highest BCUT2D eigenvalue weighted by Gasteiger charge is 2.29. The molecule has 11 heteroatoms. The Labute approximate surface area is 267 Å². The summed E-state index contributed by atoms with van der Waals surface area (Å²) in [5.74, 6) is -0.813. The number of aromatic nitrogens is 1. The number of aromatic hydroxyl groups is 1. The summed E-state index contributed by atoms with van der Waals surface area (Å²) in [4.78, 5) is 17.9. The fourth-order valence-corrected chi connectivity index (χ4v) is 6.15. The molecule has 0 fully saturated rings. The topological polar surface area (TPSA) is 134 Å². The molecular formula is C35H31FN2O7S. The van der Waals surface area contributed by atoms with Gasteiger partial charge in [0, 0.05) is 58.2 Å². The number of nitrogens with zero attached hydrogens (tertiary/aromatic N) is 1. The van der Waals surface area contributed by atoms with E-state index >= 15 is 0 Å². The molecular weight excluding hydrogens is 611 g/mol. The number of furan rings is 1. The molecule has 3 aromatic carbocycles. The van der Waals surface area contributed by atoms with Gasteiger partial charge in [-0.25, -0.2) is 14.2 Å². The number of phenolic OH excluding ortho intramolecular Hbond substituents is 1. The van der Waals surface area contributed by atoms with Crippen molar-refractivity contribution in [1.29, 1.82) is 0 Å². The summed E-state index contributed by atoms with van der Waals surface area (Å²) < 4.78 is 31.0. The number of hydrogen-bond acceptors (Lipinski definition) is 9. The number of aromatic carboxylic acids is 1. The second kappa shape index (κ2) is 14.0. The molecule has 6 aromatic rings. The largest absolute Gasteiger partial charge is 0.507 e. The number of pyridine rings is 1. The molecule has 1 atom stereocenters. The van der Waals surface area contributed by atoms with Gasteiger partial charge in [0.1, 0.15) is 34.7 Å². The van der Waals surface area contributed by atoms with E-state index < -0.39 is 12.0 Å². The molecule has 0 aliphatic rings. The number of aliphatic hydroxyl groups is 1. The van der Waals surface area contributed by atoms with Crippen molar-refractivity contribution in [3.8, 4) is 17.4 Å². The van der Waals surface area contributed by atoms with Crippen molar-refractivity contribution in [2.24, 2.45) is 0 Å². The number of benzene rings is 3. The van der Waals surface area contributed by atoms with E-state index in [1.54, 1.807) is 60.0 Å². The monoisotopic (exact) mass is 642 g/mol. The minimum absolute atomic E-state index is 0.123. The van der Waals surface area contributed by atoms with Gasteiger partial charge < -0.3 is 34.5 Å². The van der Waals surface area contributed by atoms with Crippen LogP contribution in [0.1, 0.15) is 38.0 Å². The van der Waals surface area contributed by atoms with Gasteiger partial charge in [0.05, 0.1) is 25.9 Å². The minimum Gasteiger partial charge on any atom is -0.507 e. The molecule has 3 aromatic heterocycles. The Balaban J connectivity index is 1.37. The molecule has 0 saturated carbocycles. The Bertz CT molecular complexity index is 1960. The maximum atomic E-state index is 13.3. The molecule has 0 amide bonds. The number of rotatable bonds is 14. The van der Waals surface area contributed by atoms with Gasteiger partial charge >= 0.3 is 5.97 Å². The van der Waals surface area contributed by atoms with Crippen LogP contribution in [0, 0.1) is 5.82 Å². The zero-order valence-corrected chi connectivity index (χ0v) is 25.4. The normalized spacial score (nSPS) is 12.0. The molecule has 0 spiro atoms. The second-order valence-electron chi connectivity index (χ2n) is 10.6. The molecule has 0 radical (unpaired) electrons. The lowest BCUT2D eigenvalue weighted by Gasteiger charge is -2.23. The summed E-state index contributed by atoms with van der Waals surface area (Å²) in [5.41, 5.74) is 1.98. The standard InChI is InChI=1S/C35H31FN2O7S/c36-23-5-3-21(4-6-23)10-15-43-24-7-8-26-27(19-24)34-30(28(20-45-34)35(41)42)31(33(26)40)32(38-13-14-39)22-9-12-37-29(18-22)44-16-11-25-2-1-17-46-25/h1-9,12,17-20,32,38-40H,10-11,13-16H2,(H,41,42). The molecule has 46 heavy (non-hydrogen) atoms. The first kappa shape index (κ1) is 31.0. The van der Waals surface area contributed by atoms with Crippen molar-refractivity contribution in [2.45, 2.75) is 18.9 Å². The fraction of sp³-hybridized carbons (Fsp3) is 0.200. The Hall–Kier alpha value is -4.97. The summed E-state index contributed by atoms with van der Waals surface area (Å²) in [6.45, 7) is 0.687. The number of hydrogen-bond donors (Lipinski definition) is 4. The number of carboxylic acids is 1. The minimum atomic E-state index is -1.22. The van der Waals surface area contributed by atoms with E-state index in [0.717, 1.165) is 18.2 Å². The van der Waals surface area contributed by atoms with E-state index in [0.29, 0.717) is 47.6 Å². The van der Waals surface area contributed by atoms with Gasteiger partial charge in [0.2, 0.25) is 5.88 Å². The predicted octanol–water partition coefficient (Wildman–Crippen LogP) is 6.50. The number of fused-ring (bicyclic) bond motifs is 3. The number of carbonyl (C=O) groups is 1. The van der Waals surface area contributed by atoms with E-state index in [2.05, 4.69) is 10.3 Å². The van der Waals surface area contributed by atoms with Crippen molar-refractivity contribution in [1.82, 2.24) is 10.3 Å². The Kier molecular flexibility index (Phi) is 9.43. The van der Waals surface area contributed by atoms with Crippen molar-refractivity contribution < 1.29 is 38.4 Å². The van der Waals surface area contributed by atoms with E-state index in [1.807, 2.05) is 17.5 Å². The number of thiophene rings is 1. The molecule has 3 heterocycles. The number of nitrogens with one attached hydrogen (secondary N) is 1. The summed E-state index contributed by atoms with van der Waals surface area (Å²) in [5, 5.41) is 38.0. The Morgan fingerprint density at radius 1 is 1.02 bits per heavy atom. The molecule has 1 unspecified atom stereocenters. The number of carboxylic acid groups (broad SMARTS) is 1. The maximum Gasteiger partial charge on any atom is 0.339 e. The maximum absolute atomic E-state index is 13.3. The van der Waals surface area contributed by atoms with Gasteiger partial charge in [0.25, 0.3) is 0 Å². The molecule has 236 valence electrons. The average Bonchev–Trinajstić information content (AvgIpc) is 3.75. The number of ether oxygens (including phenoxy) is 2. The summed E-state index contributed by atoms with van der Waals surface area (Å²) in [6.07, 6.45) is 4.01. The van der Waals surface area contributed by atoms with E-state index in [4.69, 9.17) is 13.9 Å². The first-order valence-corrected chi connectivity index (χ1v) is 15.6. The van der Waals surface area contributed by atoms with Gasteiger partial charge in [-0.15, -0.1) is 11.3 Å². The third-order valence-corrected chi connectivity index (χ3v) is 8.57. The van der Waals surface area contributed by atoms with Crippen molar-refractivity contribution in [3.05, 3.63) is 118 Å². The molecule has 6 rings (SSSR count). The number of aliphatic hydroxyl groups excluding tert-OH is 1. The third-order valence-electron chi connectivity index (χ3n) is 7.63. The fourth-order valence-electron chi connectivity index (χ4n) is 5.46. The van der Waals surface area contributed by atoms with Crippen molar-refractivity contribution >= 4 is 39.0 Å². The summed E-state index contributed by atoms with van der Waals surface area (Å²) in [6, 6.07) is 18.0. The van der Waals surface area contributed by atoms with Crippen molar-refractivity contribution in [2.75, 3.05) is 26.4 Å². The Morgan fingerprint density at radius 2 is 1.85 bits per heavy atom. The summed E-state index contributed by atoms with van der Waals surface area (Å²) in [7, 11) is 0. The molecule has 0 aliphatic heterocycles. The summed E-state index contributed by atoms with van der Waals surface area (Å²) >= 11 is 1.65. The molecule has 0 bridgehead atoms. The van der Waals surface area contributed by atoms with Gasteiger partial charge in [-0.1, -0.05) is 18.2 Å². The van der Waals surface area contributed by atoms with Crippen LogP contribution in [0.25, 0.3) is 21.7 Å². The van der Waals surface area contributed by atoms with Gasteiger partial charge in [-0.05, 0) is 59.0 Å². The molecule has 9 nitrogen and oxygen atoms in total. The lowest BCUT2D eigenvalue weighted by molar-refractivity contribution is 0.0698. The van der Waals surface area contributed by atoms with Crippen LogP contribution in [0.4, 0.5) is 4.39 Å². The van der Waals surface area contributed by atoms with Gasteiger partial charge in [-0.3, -0.25) is 0 Å². The quantitative estimate of drug-likeness (QED) is 0.105. The van der Waals surface area contributed by atoms with Crippen LogP contribution in [0.5, 0.6) is 17.4 Å². The van der Waals surface area contributed by atoms with Crippen LogP contribution < -0.4 is 14.8 Å².